The zero-order valence-electron chi connectivity index (χ0n) is 11.0. The second-order valence-corrected chi connectivity index (χ2v) is 5.65. The fourth-order valence-electron chi connectivity index (χ4n) is 2.02. The molecule has 6 heteroatoms. The van der Waals surface area contributed by atoms with Crippen molar-refractivity contribution in [1.82, 2.24) is 5.32 Å². The zero-order valence-corrected chi connectivity index (χ0v) is 11.8. The van der Waals surface area contributed by atoms with E-state index in [1.54, 1.807) is 11.4 Å². The summed E-state index contributed by atoms with van der Waals surface area (Å²) < 4.78 is 5.36. The molecule has 0 saturated carbocycles. The summed E-state index contributed by atoms with van der Waals surface area (Å²) in [6.45, 7) is 2.14. The summed E-state index contributed by atoms with van der Waals surface area (Å²) in [5.74, 6) is -0.735. The summed E-state index contributed by atoms with van der Waals surface area (Å²) in [4.78, 5) is 23.1. The maximum absolute atomic E-state index is 12.0. The standard InChI is InChI=1S/C14H17NO4S/c16-13(17)4-3-12-6-11(9-20-12)14(18)15-7-10-2-1-5-19-8-10/h3-4,6,9-10H,1-2,5,7-8H2,(H,15,18)(H,16,17). The molecule has 2 rings (SSSR count). The molecule has 108 valence electrons. The minimum Gasteiger partial charge on any atom is -0.478 e. The largest absolute Gasteiger partial charge is 0.478 e. The van der Waals surface area contributed by atoms with Gasteiger partial charge in [-0.05, 0) is 30.9 Å². The number of amides is 1. The van der Waals surface area contributed by atoms with Gasteiger partial charge in [-0.1, -0.05) is 0 Å². The maximum atomic E-state index is 12.0. The van der Waals surface area contributed by atoms with Gasteiger partial charge < -0.3 is 15.2 Å². The van der Waals surface area contributed by atoms with E-state index in [1.165, 1.54) is 17.4 Å². The van der Waals surface area contributed by atoms with Gasteiger partial charge in [-0.2, -0.15) is 0 Å². The van der Waals surface area contributed by atoms with E-state index in [2.05, 4.69) is 5.32 Å². The lowest BCUT2D eigenvalue weighted by Crippen LogP contribution is -2.33. The SMILES string of the molecule is O=C(O)C=Cc1cc(C(=O)NCC2CCCOC2)cs1. The second-order valence-electron chi connectivity index (χ2n) is 4.70. The third-order valence-electron chi connectivity index (χ3n) is 3.08. The molecule has 0 bridgehead atoms. The minimum atomic E-state index is -0.998. The predicted octanol–water partition coefficient (Wildman–Crippen LogP) is 2.00. The van der Waals surface area contributed by atoms with Crippen molar-refractivity contribution >= 4 is 29.3 Å². The Bertz CT molecular complexity index is 503. The molecule has 2 heterocycles. The minimum absolute atomic E-state index is 0.123. The molecule has 1 aromatic heterocycles. The van der Waals surface area contributed by atoms with E-state index < -0.39 is 5.97 Å². The van der Waals surface area contributed by atoms with Crippen molar-refractivity contribution in [1.29, 1.82) is 0 Å². The molecule has 1 saturated heterocycles. The molecule has 1 atom stereocenters. The summed E-state index contributed by atoms with van der Waals surface area (Å²) in [6.07, 6.45) is 4.67. The molecule has 1 aliphatic heterocycles. The number of carboxylic acid groups (broad SMARTS) is 1. The molecule has 1 fully saturated rings. The lowest BCUT2D eigenvalue weighted by molar-refractivity contribution is -0.131. The van der Waals surface area contributed by atoms with Crippen LogP contribution < -0.4 is 5.32 Å². The lowest BCUT2D eigenvalue weighted by Gasteiger charge is -2.22. The first-order valence-corrected chi connectivity index (χ1v) is 7.38. The van der Waals surface area contributed by atoms with Crippen molar-refractivity contribution in [3.8, 4) is 0 Å². The van der Waals surface area contributed by atoms with Crippen molar-refractivity contribution in [3.05, 3.63) is 28.0 Å². The highest BCUT2D eigenvalue weighted by Crippen LogP contribution is 2.17. The van der Waals surface area contributed by atoms with Gasteiger partial charge in [0.15, 0.2) is 0 Å². The van der Waals surface area contributed by atoms with E-state index >= 15 is 0 Å². The number of hydrogen-bond donors (Lipinski definition) is 2. The van der Waals surface area contributed by atoms with Crippen molar-refractivity contribution in [3.63, 3.8) is 0 Å². The molecule has 0 spiro atoms. The van der Waals surface area contributed by atoms with Crippen LogP contribution in [0.5, 0.6) is 0 Å². The van der Waals surface area contributed by atoms with Crippen molar-refractivity contribution < 1.29 is 19.4 Å². The average molecular weight is 295 g/mol. The summed E-state index contributed by atoms with van der Waals surface area (Å²) in [5.41, 5.74) is 0.566. The van der Waals surface area contributed by atoms with Gasteiger partial charge in [-0.15, -0.1) is 11.3 Å². The zero-order chi connectivity index (χ0) is 14.4. The van der Waals surface area contributed by atoms with E-state index in [-0.39, 0.29) is 5.91 Å². The summed E-state index contributed by atoms with van der Waals surface area (Å²) in [7, 11) is 0. The molecular weight excluding hydrogens is 278 g/mol. The predicted molar refractivity (Wildman–Crippen MR) is 76.9 cm³/mol. The maximum Gasteiger partial charge on any atom is 0.328 e. The molecule has 5 nitrogen and oxygen atoms in total. The first-order chi connectivity index (χ1) is 9.65. The number of ether oxygens (including phenoxy) is 1. The summed E-state index contributed by atoms with van der Waals surface area (Å²) >= 11 is 1.35. The van der Waals surface area contributed by atoms with Gasteiger partial charge in [0, 0.05) is 29.5 Å². The van der Waals surface area contributed by atoms with Crippen LogP contribution in [0.1, 0.15) is 28.1 Å². The Kier molecular flexibility index (Phi) is 5.31. The van der Waals surface area contributed by atoms with Crippen LogP contribution in [0.2, 0.25) is 0 Å². The third kappa shape index (κ3) is 4.47. The van der Waals surface area contributed by atoms with Gasteiger partial charge in [0.05, 0.1) is 12.2 Å². The Balaban J connectivity index is 1.84. The van der Waals surface area contributed by atoms with Crippen LogP contribution in [0.25, 0.3) is 6.08 Å². The van der Waals surface area contributed by atoms with Crippen molar-refractivity contribution in [2.75, 3.05) is 19.8 Å². The monoisotopic (exact) mass is 295 g/mol. The molecule has 0 aromatic carbocycles. The Labute approximate surface area is 121 Å². The summed E-state index contributed by atoms with van der Waals surface area (Å²) in [5, 5.41) is 13.2. The highest BCUT2D eigenvalue weighted by atomic mass is 32.1. The van der Waals surface area contributed by atoms with Crippen LogP contribution in [0.3, 0.4) is 0 Å². The van der Waals surface area contributed by atoms with E-state index in [0.717, 1.165) is 30.4 Å². The van der Waals surface area contributed by atoms with Gasteiger partial charge in [0.2, 0.25) is 0 Å². The van der Waals surface area contributed by atoms with Crippen LogP contribution in [0.15, 0.2) is 17.5 Å². The van der Waals surface area contributed by atoms with Gasteiger partial charge in [0.25, 0.3) is 5.91 Å². The Morgan fingerprint density at radius 1 is 1.55 bits per heavy atom. The lowest BCUT2D eigenvalue weighted by atomic mass is 10.0. The van der Waals surface area contributed by atoms with E-state index in [0.29, 0.717) is 24.6 Å². The number of aliphatic carboxylic acids is 1. The highest BCUT2D eigenvalue weighted by Gasteiger charge is 2.15. The van der Waals surface area contributed by atoms with Crippen LogP contribution in [0.4, 0.5) is 0 Å². The van der Waals surface area contributed by atoms with E-state index in [4.69, 9.17) is 9.84 Å². The average Bonchev–Trinajstić information content (AvgIpc) is 2.92. The highest BCUT2D eigenvalue weighted by molar-refractivity contribution is 7.11. The molecule has 1 amide bonds. The fourth-order valence-corrected chi connectivity index (χ4v) is 2.80. The van der Waals surface area contributed by atoms with E-state index in [1.807, 2.05) is 0 Å². The number of carbonyl (C=O) groups is 2. The normalized spacial score (nSPS) is 19.1. The summed E-state index contributed by atoms with van der Waals surface area (Å²) in [6, 6.07) is 1.69. The van der Waals surface area contributed by atoms with Gasteiger partial charge in [0.1, 0.15) is 0 Å². The molecule has 2 N–H and O–H groups in total. The Morgan fingerprint density at radius 3 is 3.10 bits per heavy atom. The molecule has 0 aliphatic carbocycles. The van der Waals surface area contributed by atoms with Crippen molar-refractivity contribution in [2.24, 2.45) is 5.92 Å². The second kappa shape index (κ2) is 7.21. The number of thiophene rings is 1. The first kappa shape index (κ1) is 14.7. The number of carboxylic acids is 1. The van der Waals surface area contributed by atoms with Gasteiger partial charge in [-0.3, -0.25) is 4.79 Å². The molecule has 1 aliphatic rings. The first-order valence-electron chi connectivity index (χ1n) is 6.50. The topological polar surface area (TPSA) is 75.6 Å². The smallest absolute Gasteiger partial charge is 0.328 e. The number of nitrogens with one attached hydrogen (secondary N) is 1. The Hall–Kier alpha value is -1.66. The third-order valence-corrected chi connectivity index (χ3v) is 3.98. The van der Waals surface area contributed by atoms with Crippen LogP contribution >= 0.6 is 11.3 Å². The quantitative estimate of drug-likeness (QED) is 0.815. The molecular formula is C14H17NO4S. The Morgan fingerprint density at radius 2 is 2.40 bits per heavy atom. The molecule has 20 heavy (non-hydrogen) atoms. The molecule has 1 aromatic rings. The molecule has 0 radical (unpaired) electrons. The van der Waals surface area contributed by atoms with Crippen LogP contribution in [-0.2, 0) is 9.53 Å². The van der Waals surface area contributed by atoms with Crippen LogP contribution in [0, 0.1) is 5.92 Å². The van der Waals surface area contributed by atoms with Gasteiger partial charge in [-0.25, -0.2) is 4.79 Å². The number of carbonyl (C=O) groups excluding carboxylic acids is 1. The van der Waals surface area contributed by atoms with Crippen LogP contribution in [-0.4, -0.2) is 36.7 Å². The number of hydrogen-bond acceptors (Lipinski definition) is 4. The molecule has 1 unspecified atom stereocenters. The fraction of sp³-hybridized carbons (Fsp3) is 0.429. The van der Waals surface area contributed by atoms with Crippen molar-refractivity contribution in [2.45, 2.75) is 12.8 Å². The van der Waals surface area contributed by atoms with E-state index in [9.17, 15) is 9.59 Å². The number of rotatable bonds is 5. The van der Waals surface area contributed by atoms with Gasteiger partial charge >= 0.3 is 5.97 Å².